The fraction of sp³-hybridized carbons (Fsp3) is 0.278. The first-order valence-corrected chi connectivity index (χ1v) is 9.83. The van der Waals surface area contributed by atoms with E-state index < -0.39 is 15.8 Å². The van der Waals surface area contributed by atoms with Crippen LogP contribution >= 0.6 is 0 Å². The Bertz CT molecular complexity index is 868. The van der Waals surface area contributed by atoms with Crippen LogP contribution in [0.3, 0.4) is 0 Å². The van der Waals surface area contributed by atoms with Gasteiger partial charge in [-0.05, 0) is 36.4 Å². The standard InChI is InChI=1S/C18H22FN3O3S/c1-21(2)15-10-8-14(9-11-15)20-18(23)12-13-22(26(3,24)25)17-7-5-4-6-16(17)19/h4-11H,12-13H2,1-3H3,(H,20,23). The Kier molecular flexibility index (Phi) is 6.20. The highest BCUT2D eigenvalue weighted by Crippen LogP contribution is 2.22. The van der Waals surface area contributed by atoms with Gasteiger partial charge in [0, 0.05) is 38.4 Å². The van der Waals surface area contributed by atoms with Crippen molar-refractivity contribution < 1.29 is 17.6 Å². The number of sulfonamides is 1. The van der Waals surface area contributed by atoms with Crippen molar-refractivity contribution in [2.75, 3.05) is 41.4 Å². The summed E-state index contributed by atoms with van der Waals surface area (Å²) in [6.45, 7) is -0.151. The van der Waals surface area contributed by atoms with E-state index in [2.05, 4.69) is 5.32 Å². The molecular formula is C18H22FN3O3S. The zero-order valence-corrected chi connectivity index (χ0v) is 15.8. The van der Waals surface area contributed by atoms with Crippen LogP contribution < -0.4 is 14.5 Å². The number of amides is 1. The fourth-order valence-corrected chi connectivity index (χ4v) is 3.32. The van der Waals surface area contributed by atoms with E-state index in [1.807, 2.05) is 31.1 Å². The van der Waals surface area contributed by atoms with Gasteiger partial charge in [-0.3, -0.25) is 9.10 Å². The molecule has 2 rings (SSSR count). The van der Waals surface area contributed by atoms with Crippen molar-refractivity contribution in [3.8, 4) is 0 Å². The van der Waals surface area contributed by atoms with Gasteiger partial charge in [0.25, 0.3) is 0 Å². The van der Waals surface area contributed by atoms with Crippen LogP contribution in [0.25, 0.3) is 0 Å². The van der Waals surface area contributed by atoms with Crippen molar-refractivity contribution in [3.05, 3.63) is 54.3 Å². The second-order valence-corrected chi connectivity index (χ2v) is 7.93. The van der Waals surface area contributed by atoms with Gasteiger partial charge in [0.1, 0.15) is 5.82 Å². The zero-order chi connectivity index (χ0) is 19.3. The van der Waals surface area contributed by atoms with Gasteiger partial charge < -0.3 is 10.2 Å². The molecule has 0 saturated carbocycles. The van der Waals surface area contributed by atoms with Crippen LogP contribution in [0.2, 0.25) is 0 Å². The lowest BCUT2D eigenvalue weighted by Gasteiger charge is -2.22. The molecule has 6 nitrogen and oxygen atoms in total. The van der Waals surface area contributed by atoms with Crippen molar-refractivity contribution in [1.82, 2.24) is 0 Å². The third-order valence-electron chi connectivity index (χ3n) is 3.73. The SMILES string of the molecule is CN(C)c1ccc(NC(=O)CCN(c2ccccc2F)S(C)(=O)=O)cc1. The number of hydrogen-bond acceptors (Lipinski definition) is 4. The van der Waals surface area contributed by atoms with Crippen molar-refractivity contribution in [2.24, 2.45) is 0 Å². The van der Waals surface area contributed by atoms with E-state index in [1.165, 1.54) is 18.2 Å². The van der Waals surface area contributed by atoms with E-state index in [4.69, 9.17) is 0 Å². The van der Waals surface area contributed by atoms with Gasteiger partial charge in [0.15, 0.2) is 0 Å². The number of carbonyl (C=O) groups excluding carboxylic acids is 1. The molecule has 140 valence electrons. The van der Waals surface area contributed by atoms with Gasteiger partial charge in [-0.15, -0.1) is 0 Å². The predicted octanol–water partition coefficient (Wildman–Crippen LogP) is 2.69. The highest BCUT2D eigenvalue weighted by Gasteiger charge is 2.21. The lowest BCUT2D eigenvalue weighted by molar-refractivity contribution is -0.116. The minimum Gasteiger partial charge on any atom is -0.378 e. The molecule has 0 spiro atoms. The van der Waals surface area contributed by atoms with Crippen LogP contribution in [0.15, 0.2) is 48.5 Å². The van der Waals surface area contributed by atoms with Crippen LogP contribution in [0.5, 0.6) is 0 Å². The van der Waals surface area contributed by atoms with E-state index in [9.17, 15) is 17.6 Å². The molecule has 1 amide bonds. The second kappa shape index (κ2) is 8.18. The molecule has 0 unspecified atom stereocenters. The Morgan fingerprint density at radius 1 is 1.08 bits per heavy atom. The Morgan fingerprint density at radius 2 is 1.69 bits per heavy atom. The molecule has 0 bridgehead atoms. The molecule has 0 aliphatic heterocycles. The first-order chi connectivity index (χ1) is 12.2. The van der Waals surface area contributed by atoms with Gasteiger partial charge >= 0.3 is 0 Å². The van der Waals surface area contributed by atoms with Crippen LogP contribution in [0, 0.1) is 5.82 Å². The maximum absolute atomic E-state index is 13.9. The first-order valence-electron chi connectivity index (χ1n) is 7.98. The van der Waals surface area contributed by atoms with E-state index in [-0.39, 0.29) is 24.6 Å². The molecule has 0 atom stereocenters. The number of para-hydroxylation sites is 1. The first kappa shape index (κ1) is 19.7. The van der Waals surface area contributed by atoms with Crippen molar-refractivity contribution >= 4 is 33.0 Å². The average Bonchev–Trinajstić information content (AvgIpc) is 2.56. The zero-order valence-electron chi connectivity index (χ0n) is 14.9. The minimum atomic E-state index is -3.72. The normalized spacial score (nSPS) is 11.1. The van der Waals surface area contributed by atoms with E-state index in [1.54, 1.807) is 18.2 Å². The number of nitrogens with zero attached hydrogens (tertiary/aromatic N) is 2. The highest BCUT2D eigenvalue weighted by molar-refractivity contribution is 7.92. The summed E-state index contributed by atoms with van der Waals surface area (Å²) < 4.78 is 38.8. The highest BCUT2D eigenvalue weighted by atomic mass is 32.2. The van der Waals surface area contributed by atoms with Crippen LogP contribution in [-0.4, -0.2) is 41.2 Å². The van der Waals surface area contributed by atoms with E-state index in [0.717, 1.165) is 16.2 Å². The fourth-order valence-electron chi connectivity index (χ4n) is 2.39. The Morgan fingerprint density at radius 3 is 2.23 bits per heavy atom. The summed E-state index contributed by atoms with van der Waals surface area (Å²) in [6.07, 6.45) is 0.883. The summed E-state index contributed by atoms with van der Waals surface area (Å²) in [5.74, 6) is -1.01. The maximum Gasteiger partial charge on any atom is 0.232 e. The lowest BCUT2D eigenvalue weighted by Crippen LogP contribution is -2.33. The molecule has 0 aliphatic rings. The molecular weight excluding hydrogens is 357 g/mol. The van der Waals surface area contributed by atoms with Crippen molar-refractivity contribution in [1.29, 1.82) is 0 Å². The molecule has 2 aromatic rings. The average molecular weight is 379 g/mol. The van der Waals surface area contributed by atoms with Gasteiger partial charge in [-0.1, -0.05) is 12.1 Å². The summed E-state index contributed by atoms with van der Waals surface area (Å²) in [7, 11) is 0.109. The van der Waals surface area contributed by atoms with Crippen molar-refractivity contribution in [2.45, 2.75) is 6.42 Å². The number of hydrogen-bond donors (Lipinski definition) is 1. The number of benzene rings is 2. The molecule has 26 heavy (non-hydrogen) atoms. The van der Waals surface area contributed by atoms with Crippen LogP contribution in [0.1, 0.15) is 6.42 Å². The molecule has 0 radical (unpaired) electrons. The summed E-state index contributed by atoms with van der Waals surface area (Å²) in [4.78, 5) is 14.1. The Hall–Kier alpha value is -2.61. The maximum atomic E-state index is 13.9. The molecule has 0 saturated heterocycles. The third-order valence-corrected chi connectivity index (χ3v) is 4.91. The minimum absolute atomic E-state index is 0.0712. The number of anilines is 3. The number of nitrogens with one attached hydrogen (secondary N) is 1. The molecule has 0 fully saturated rings. The molecule has 0 aliphatic carbocycles. The van der Waals surface area contributed by atoms with Gasteiger partial charge in [0.05, 0.1) is 11.9 Å². The van der Waals surface area contributed by atoms with Gasteiger partial charge in [-0.25, -0.2) is 12.8 Å². The smallest absolute Gasteiger partial charge is 0.232 e. The summed E-state index contributed by atoms with van der Waals surface area (Å²) >= 11 is 0. The Balaban J connectivity index is 2.04. The van der Waals surface area contributed by atoms with Crippen LogP contribution in [-0.2, 0) is 14.8 Å². The molecule has 2 aromatic carbocycles. The Labute approximate surface area is 153 Å². The van der Waals surface area contributed by atoms with Gasteiger partial charge in [0.2, 0.25) is 15.9 Å². The third kappa shape index (κ3) is 5.19. The molecule has 1 N–H and O–H groups in total. The molecule has 0 heterocycles. The van der Waals surface area contributed by atoms with E-state index in [0.29, 0.717) is 5.69 Å². The molecule has 8 heteroatoms. The number of carbonyl (C=O) groups is 1. The largest absolute Gasteiger partial charge is 0.378 e. The summed E-state index contributed by atoms with van der Waals surface area (Å²) in [6, 6.07) is 12.8. The topological polar surface area (TPSA) is 69.7 Å². The van der Waals surface area contributed by atoms with Crippen LogP contribution in [0.4, 0.5) is 21.5 Å². The lowest BCUT2D eigenvalue weighted by atomic mass is 10.2. The monoisotopic (exact) mass is 379 g/mol. The molecule has 0 aromatic heterocycles. The summed E-state index contributed by atoms with van der Waals surface area (Å²) in [5, 5.41) is 2.71. The van der Waals surface area contributed by atoms with Gasteiger partial charge in [-0.2, -0.15) is 0 Å². The van der Waals surface area contributed by atoms with E-state index >= 15 is 0 Å². The summed E-state index contributed by atoms with van der Waals surface area (Å²) in [5.41, 5.74) is 1.53. The number of rotatable bonds is 7. The quantitative estimate of drug-likeness (QED) is 0.803. The number of halogens is 1. The second-order valence-electron chi connectivity index (χ2n) is 6.03. The predicted molar refractivity (Wildman–Crippen MR) is 103 cm³/mol. The van der Waals surface area contributed by atoms with Crippen molar-refractivity contribution in [3.63, 3.8) is 0 Å².